The molecule has 0 saturated heterocycles. The molecule has 52 heavy (non-hydrogen) atoms. The van der Waals surface area contributed by atoms with Gasteiger partial charge in [-0.25, -0.2) is 0 Å². The van der Waals surface area contributed by atoms with E-state index in [0.717, 1.165) is 12.3 Å². The van der Waals surface area contributed by atoms with Crippen molar-refractivity contribution >= 4 is 80.2 Å². The number of alkyl halides is 4. The number of para-hydroxylation sites is 4. The number of nitrogens with zero attached hydrogens (tertiary/aromatic N) is 4. The maximum atomic E-state index is 4.76. The molecule has 0 unspecified atom stereocenters. The molecule has 6 aromatic rings. The van der Waals surface area contributed by atoms with Crippen molar-refractivity contribution in [2.75, 3.05) is 16.4 Å². The van der Waals surface area contributed by atoms with Crippen molar-refractivity contribution in [1.82, 2.24) is 9.13 Å². The van der Waals surface area contributed by atoms with Gasteiger partial charge in [0.25, 0.3) is 0 Å². The predicted octanol–water partition coefficient (Wildman–Crippen LogP) is 5.25. The Labute approximate surface area is 370 Å². The first-order valence-corrected chi connectivity index (χ1v) is 19.7. The maximum absolute atomic E-state index is 4.76. The monoisotopic (exact) mass is 1020 g/mol. The van der Waals surface area contributed by atoms with Crippen LogP contribution in [0, 0.1) is 12.7 Å². The number of rotatable bonds is 9. The molecule has 2 aromatic heterocycles. The van der Waals surface area contributed by atoms with Gasteiger partial charge < -0.3 is 52.2 Å². The quantitative estimate of drug-likeness (QED) is 0.0840. The van der Waals surface area contributed by atoms with Gasteiger partial charge in [-0.1, -0.05) is 123 Å². The average molecular weight is 1020 g/mol. The van der Waals surface area contributed by atoms with Gasteiger partial charge in [-0.3, -0.25) is 0 Å². The Morgan fingerprint density at radius 3 is 1.46 bits per heavy atom. The summed E-state index contributed by atoms with van der Waals surface area (Å²) in [6.45, 7) is 14.2. The third-order valence-electron chi connectivity index (χ3n) is 7.56. The molecule has 0 N–H and O–H groups in total. The number of imidazole rings is 2. The fourth-order valence-electron chi connectivity index (χ4n) is 5.52. The van der Waals surface area contributed by atoms with Gasteiger partial charge in [-0.05, 0) is 44.1 Å². The minimum absolute atomic E-state index is 0. The van der Waals surface area contributed by atoms with Gasteiger partial charge in [0.2, 0.25) is 12.7 Å². The Bertz CT molecular complexity index is 1720. The summed E-state index contributed by atoms with van der Waals surface area (Å²) in [5.41, 5.74) is 7.53. The largest absolute Gasteiger partial charge is 2.00 e. The third kappa shape index (κ3) is 14.9. The topological polar surface area (TPSA) is 17.6 Å². The summed E-state index contributed by atoms with van der Waals surface area (Å²) in [6, 6.07) is 39.6. The van der Waals surface area contributed by atoms with E-state index in [-0.39, 0.29) is 71.1 Å². The Balaban J connectivity index is 0.000000921. The summed E-state index contributed by atoms with van der Waals surface area (Å²) in [6.07, 6.45) is 7.10. The number of fused-ring (bicyclic) bond motifs is 2. The molecule has 0 aliphatic rings. The average Bonchev–Trinajstić information content (AvgIpc) is 3.67. The molecule has 0 aliphatic carbocycles. The second-order valence-electron chi connectivity index (χ2n) is 12.0. The Kier molecular flexibility index (Phi) is 27.0. The molecule has 286 valence electrons. The first kappa shape index (κ1) is 51.0. The Hall–Kier alpha value is -1.05. The van der Waals surface area contributed by atoms with Crippen LogP contribution in [-0.4, -0.2) is 30.8 Å². The van der Waals surface area contributed by atoms with Gasteiger partial charge in [-0.2, -0.15) is 11.8 Å². The number of halogens is 6. The Morgan fingerprint density at radius 1 is 0.596 bits per heavy atom. The summed E-state index contributed by atoms with van der Waals surface area (Å²) >= 11 is 21.1. The molecule has 2 heterocycles. The van der Waals surface area contributed by atoms with Crippen LogP contribution in [-0.2, 0) is 27.0 Å². The molecular weight excluding hydrogens is 977 g/mol. The number of aromatic nitrogens is 4. The Morgan fingerprint density at radius 2 is 1.02 bits per heavy atom. The number of hydrogen-bond donors (Lipinski definition) is 0. The van der Waals surface area contributed by atoms with Crippen molar-refractivity contribution in [3.05, 3.63) is 133 Å². The zero-order chi connectivity index (χ0) is 35.8. The molecule has 0 bridgehead atoms. The van der Waals surface area contributed by atoms with Gasteiger partial charge in [0.1, 0.15) is 6.04 Å². The molecule has 6 rings (SSSR count). The van der Waals surface area contributed by atoms with Gasteiger partial charge in [0.15, 0.2) is 0 Å². The van der Waals surface area contributed by atoms with Crippen LogP contribution >= 0.6 is 58.2 Å². The molecule has 0 spiro atoms. The number of thioether (sulfide) groups is 1. The van der Waals surface area contributed by atoms with Crippen molar-refractivity contribution < 1.29 is 63.5 Å². The minimum Gasteiger partial charge on any atom is -1.00 e. The fourth-order valence-corrected chi connectivity index (χ4v) is 6.28. The van der Waals surface area contributed by atoms with E-state index in [1.807, 2.05) is 11.8 Å². The molecule has 12 heteroatoms. The van der Waals surface area contributed by atoms with E-state index in [1.54, 1.807) is 0 Å². The molecule has 0 radical (unpaired) electrons. The van der Waals surface area contributed by atoms with Crippen LogP contribution in [0.25, 0.3) is 22.1 Å². The first-order valence-electron chi connectivity index (χ1n) is 16.5. The minimum atomic E-state index is 0. The molecule has 4 aromatic carbocycles. The SMILES string of the molecule is CC(C)SCC[n+]1[c-]n(C(c2ccccc2)c2ccccc2)c2ccccc21.CC(C)n1[c-][n+](C(C)C)c2ccccc21.ClCCl.ClCCl.[Br-].[Br-].[Pd+2]. The smallest absolute Gasteiger partial charge is 1.00 e. The number of hydrogen-bond acceptors (Lipinski definition) is 1. The van der Waals surface area contributed by atoms with Gasteiger partial charge >= 0.3 is 20.4 Å². The van der Waals surface area contributed by atoms with Crippen LogP contribution in [0.2, 0.25) is 0 Å². The van der Waals surface area contributed by atoms with Crippen molar-refractivity contribution in [3.8, 4) is 0 Å². The third-order valence-corrected chi connectivity index (χ3v) is 8.65. The van der Waals surface area contributed by atoms with Crippen LogP contribution in [0.3, 0.4) is 0 Å². The van der Waals surface area contributed by atoms with E-state index in [9.17, 15) is 0 Å². The van der Waals surface area contributed by atoms with Gasteiger partial charge in [-0.15, -0.1) is 46.4 Å². The van der Waals surface area contributed by atoms with Crippen LogP contribution in [0.1, 0.15) is 70.8 Å². The van der Waals surface area contributed by atoms with Crippen molar-refractivity contribution in [2.24, 2.45) is 0 Å². The molecule has 0 amide bonds. The summed E-state index contributed by atoms with van der Waals surface area (Å²) in [5, 5.41) is 1.04. The van der Waals surface area contributed by atoms with E-state index < -0.39 is 0 Å². The zero-order valence-corrected chi connectivity index (χ0v) is 38.9. The summed E-state index contributed by atoms with van der Waals surface area (Å²) in [5.74, 6) is 1.09. The van der Waals surface area contributed by atoms with E-state index >= 15 is 0 Å². The normalized spacial score (nSPS) is 10.3. The molecule has 0 atom stereocenters. The summed E-state index contributed by atoms with van der Waals surface area (Å²) in [4.78, 5) is 0. The summed E-state index contributed by atoms with van der Waals surface area (Å²) < 4.78 is 8.99. The van der Waals surface area contributed by atoms with Crippen molar-refractivity contribution in [1.29, 1.82) is 0 Å². The number of benzene rings is 4. The van der Waals surface area contributed by atoms with E-state index in [1.165, 1.54) is 33.2 Å². The van der Waals surface area contributed by atoms with E-state index in [2.05, 4.69) is 182 Å². The molecule has 0 fully saturated rings. The van der Waals surface area contributed by atoms with Crippen LogP contribution in [0.4, 0.5) is 0 Å². The van der Waals surface area contributed by atoms with Gasteiger partial charge in [0, 0.05) is 27.8 Å². The predicted molar refractivity (Wildman–Crippen MR) is 214 cm³/mol. The maximum Gasteiger partial charge on any atom is 2.00 e. The molecule has 0 saturated carbocycles. The zero-order valence-electron chi connectivity index (χ0n) is 30.3. The summed E-state index contributed by atoms with van der Waals surface area (Å²) in [7, 11) is 0. The van der Waals surface area contributed by atoms with Crippen molar-refractivity contribution in [3.63, 3.8) is 0 Å². The van der Waals surface area contributed by atoms with Crippen LogP contribution < -0.4 is 43.1 Å². The van der Waals surface area contributed by atoms with E-state index in [0.29, 0.717) is 17.3 Å². The second-order valence-corrected chi connectivity index (χ2v) is 15.3. The van der Waals surface area contributed by atoms with Gasteiger partial charge in [0.05, 0.1) is 29.3 Å². The number of aryl methyl sites for hydroxylation is 1. The fraction of sp³-hybridized carbons (Fsp3) is 0.350. The second kappa shape index (κ2) is 27.5. The van der Waals surface area contributed by atoms with Crippen molar-refractivity contribution in [2.45, 2.75) is 71.5 Å². The molecule has 4 nitrogen and oxygen atoms in total. The first-order chi connectivity index (χ1) is 23.7. The standard InChI is InChI=1S/C25H26N2S.C13H18N2.2CH2Cl2.2BrH.Pd/c1-20(2)28-18-17-26-19-27(24-16-10-9-15-23(24)26)25(21-11-5-3-6-12-21)22-13-7-4-8-14-22;1-10(2)14-9-15(11(3)4)13-8-6-5-7-12(13)14;2*2-1-3;;;/h3-16,20,25H,17-18H2,1-2H3;5-8,10-11H,1-4H3;2*1H2;2*1H;/q;;;;;;+2/p-2. The van der Waals surface area contributed by atoms with E-state index in [4.69, 9.17) is 46.4 Å². The van der Waals surface area contributed by atoms with Crippen LogP contribution in [0.15, 0.2) is 109 Å². The molecular formula is C40H48Br2Cl4N4PdS. The molecule has 0 aliphatic heterocycles. The van der Waals surface area contributed by atoms with Crippen LogP contribution in [0.5, 0.6) is 0 Å².